The molecule has 3 heteroatoms. The summed E-state index contributed by atoms with van der Waals surface area (Å²) < 4.78 is 5.34. The molecule has 0 aromatic carbocycles. The Hall–Kier alpha value is -0.800. The fourth-order valence-electron chi connectivity index (χ4n) is 2.51. The summed E-state index contributed by atoms with van der Waals surface area (Å²) in [4.78, 5) is 2.30. The summed E-state index contributed by atoms with van der Waals surface area (Å²) in [6.07, 6.45) is 8.70. The summed E-state index contributed by atoms with van der Waals surface area (Å²) in [7, 11) is 2.14. The highest BCUT2D eigenvalue weighted by Crippen LogP contribution is 2.17. The van der Waals surface area contributed by atoms with Crippen molar-refractivity contribution in [2.24, 2.45) is 0 Å². The van der Waals surface area contributed by atoms with E-state index in [1.807, 2.05) is 12.1 Å². The molecule has 1 aliphatic carbocycles. The summed E-state index contributed by atoms with van der Waals surface area (Å²) in [5, 5.41) is 3.66. The van der Waals surface area contributed by atoms with Crippen LogP contribution in [0.5, 0.6) is 0 Å². The summed E-state index contributed by atoms with van der Waals surface area (Å²) in [5.74, 6) is 1.05. The third-order valence-electron chi connectivity index (χ3n) is 3.54. The maximum Gasteiger partial charge on any atom is 0.117 e. The van der Waals surface area contributed by atoms with Crippen LogP contribution in [-0.4, -0.2) is 31.1 Å². The van der Waals surface area contributed by atoms with Crippen LogP contribution in [0.25, 0.3) is 0 Å². The van der Waals surface area contributed by atoms with Crippen molar-refractivity contribution in [3.63, 3.8) is 0 Å². The lowest BCUT2D eigenvalue weighted by molar-refractivity contribution is 0.279. The first kappa shape index (κ1) is 12.7. The molecule has 1 saturated carbocycles. The number of furan rings is 1. The van der Waals surface area contributed by atoms with E-state index in [9.17, 15) is 0 Å². The van der Waals surface area contributed by atoms with Crippen molar-refractivity contribution in [1.29, 1.82) is 0 Å². The first-order valence-corrected chi connectivity index (χ1v) is 6.79. The van der Waals surface area contributed by atoms with Gasteiger partial charge in [-0.3, -0.25) is 4.90 Å². The van der Waals surface area contributed by atoms with Crippen molar-refractivity contribution in [2.45, 2.75) is 44.7 Å². The van der Waals surface area contributed by atoms with Crippen molar-refractivity contribution in [1.82, 2.24) is 10.2 Å². The maximum atomic E-state index is 5.34. The molecule has 17 heavy (non-hydrogen) atoms. The summed E-state index contributed by atoms with van der Waals surface area (Å²) in [6, 6.07) is 4.75. The van der Waals surface area contributed by atoms with Crippen LogP contribution in [0, 0.1) is 0 Å². The Balaban J connectivity index is 1.58. The molecule has 1 aromatic heterocycles. The molecule has 2 rings (SSSR count). The molecule has 0 bridgehead atoms. The lowest BCUT2D eigenvalue weighted by atomic mass is 9.95. The lowest BCUT2D eigenvalue weighted by Crippen LogP contribution is -2.36. The van der Waals surface area contributed by atoms with Gasteiger partial charge in [0.15, 0.2) is 0 Å². The predicted octanol–water partition coefficient (Wildman–Crippen LogP) is 2.63. The number of likely N-dealkylation sites (N-methyl/N-ethyl adjacent to an activating group) is 1. The van der Waals surface area contributed by atoms with Gasteiger partial charge in [0.05, 0.1) is 12.8 Å². The molecule has 0 unspecified atom stereocenters. The molecule has 0 spiro atoms. The molecule has 0 atom stereocenters. The number of hydrogen-bond acceptors (Lipinski definition) is 3. The summed E-state index contributed by atoms with van der Waals surface area (Å²) in [5.41, 5.74) is 0. The zero-order chi connectivity index (χ0) is 11.9. The molecule has 1 N–H and O–H groups in total. The van der Waals surface area contributed by atoms with Gasteiger partial charge in [0.1, 0.15) is 5.76 Å². The minimum Gasteiger partial charge on any atom is -0.468 e. The Bertz CT molecular complexity index is 291. The van der Waals surface area contributed by atoms with Gasteiger partial charge < -0.3 is 9.73 Å². The standard InChI is InChI=1S/C14H24N2O/c1-16(12-14-8-5-11-17-14)10-9-15-13-6-3-2-4-7-13/h5,8,11,13,15H,2-4,6-7,9-10,12H2,1H3. The normalized spacial score (nSPS) is 17.8. The fraction of sp³-hybridized carbons (Fsp3) is 0.714. The van der Waals surface area contributed by atoms with E-state index in [2.05, 4.69) is 17.3 Å². The largest absolute Gasteiger partial charge is 0.468 e. The van der Waals surface area contributed by atoms with Crippen LogP contribution in [0.2, 0.25) is 0 Å². The minimum absolute atomic E-state index is 0.765. The Labute approximate surface area is 104 Å². The second-order valence-corrected chi connectivity index (χ2v) is 5.11. The molecule has 0 radical (unpaired) electrons. The van der Waals surface area contributed by atoms with Crippen molar-refractivity contribution in [3.05, 3.63) is 24.2 Å². The van der Waals surface area contributed by atoms with Crippen LogP contribution in [0.3, 0.4) is 0 Å². The number of rotatable bonds is 6. The van der Waals surface area contributed by atoms with Gasteiger partial charge in [-0.25, -0.2) is 0 Å². The molecule has 0 aliphatic heterocycles. The second-order valence-electron chi connectivity index (χ2n) is 5.11. The Kier molecular flexibility index (Phi) is 5.08. The van der Waals surface area contributed by atoms with Crippen molar-refractivity contribution >= 4 is 0 Å². The van der Waals surface area contributed by atoms with Crippen molar-refractivity contribution in [2.75, 3.05) is 20.1 Å². The fourth-order valence-corrected chi connectivity index (χ4v) is 2.51. The molecule has 3 nitrogen and oxygen atoms in total. The molecular formula is C14H24N2O. The van der Waals surface area contributed by atoms with Gasteiger partial charge in [-0.1, -0.05) is 19.3 Å². The van der Waals surface area contributed by atoms with Crippen LogP contribution >= 0.6 is 0 Å². The number of hydrogen-bond donors (Lipinski definition) is 1. The average Bonchev–Trinajstić information content (AvgIpc) is 2.83. The SMILES string of the molecule is CN(CCNC1CCCCC1)Cc1ccco1. The van der Waals surface area contributed by atoms with E-state index in [0.29, 0.717) is 0 Å². The van der Waals surface area contributed by atoms with E-state index >= 15 is 0 Å². The first-order valence-electron chi connectivity index (χ1n) is 6.79. The average molecular weight is 236 g/mol. The maximum absolute atomic E-state index is 5.34. The molecule has 0 saturated heterocycles. The van der Waals surface area contributed by atoms with E-state index in [-0.39, 0.29) is 0 Å². The smallest absolute Gasteiger partial charge is 0.117 e. The van der Waals surface area contributed by atoms with Gasteiger partial charge in [0.25, 0.3) is 0 Å². The van der Waals surface area contributed by atoms with Gasteiger partial charge in [0.2, 0.25) is 0 Å². The van der Waals surface area contributed by atoms with Crippen LogP contribution in [0.1, 0.15) is 37.9 Å². The van der Waals surface area contributed by atoms with E-state index < -0.39 is 0 Å². The predicted molar refractivity (Wildman–Crippen MR) is 69.9 cm³/mol. The highest BCUT2D eigenvalue weighted by atomic mass is 16.3. The van der Waals surface area contributed by atoms with E-state index in [1.165, 1.54) is 32.1 Å². The molecule has 1 heterocycles. The van der Waals surface area contributed by atoms with Gasteiger partial charge in [-0.05, 0) is 32.0 Å². The lowest BCUT2D eigenvalue weighted by Gasteiger charge is -2.24. The first-order chi connectivity index (χ1) is 8.34. The summed E-state index contributed by atoms with van der Waals surface area (Å²) in [6.45, 7) is 3.07. The van der Waals surface area contributed by atoms with Crippen LogP contribution in [-0.2, 0) is 6.54 Å². The molecular weight excluding hydrogens is 212 g/mol. The highest BCUT2D eigenvalue weighted by Gasteiger charge is 2.12. The quantitative estimate of drug-likeness (QED) is 0.823. The zero-order valence-electron chi connectivity index (χ0n) is 10.8. The van der Waals surface area contributed by atoms with Crippen LogP contribution in [0.15, 0.2) is 22.8 Å². The van der Waals surface area contributed by atoms with Gasteiger partial charge >= 0.3 is 0 Å². The molecule has 0 amide bonds. The van der Waals surface area contributed by atoms with Gasteiger partial charge in [-0.2, -0.15) is 0 Å². The third-order valence-corrected chi connectivity index (χ3v) is 3.54. The summed E-state index contributed by atoms with van der Waals surface area (Å²) >= 11 is 0. The second kappa shape index (κ2) is 6.82. The minimum atomic E-state index is 0.765. The van der Waals surface area contributed by atoms with E-state index in [0.717, 1.165) is 31.4 Å². The van der Waals surface area contributed by atoms with Crippen LogP contribution < -0.4 is 5.32 Å². The molecule has 1 aliphatic rings. The van der Waals surface area contributed by atoms with Gasteiger partial charge in [0, 0.05) is 19.1 Å². The Morgan fingerprint density at radius 3 is 2.88 bits per heavy atom. The van der Waals surface area contributed by atoms with Crippen molar-refractivity contribution in [3.8, 4) is 0 Å². The Morgan fingerprint density at radius 1 is 1.35 bits per heavy atom. The number of nitrogens with zero attached hydrogens (tertiary/aromatic N) is 1. The number of nitrogens with one attached hydrogen (secondary N) is 1. The monoisotopic (exact) mass is 236 g/mol. The highest BCUT2D eigenvalue weighted by molar-refractivity contribution is 4.97. The molecule has 1 aromatic rings. The zero-order valence-corrected chi connectivity index (χ0v) is 10.8. The van der Waals surface area contributed by atoms with Crippen LogP contribution in [0.4, 0.5) is 0 Å². The van der Waals surface area contributed by atoms with E-state index in [4.69, 9.17) is 4.42 Å². The van der Waals surface area contributed by atoms with Crippen molar-refractivity contribution < 1.29 is 4.42 Å². The third kappa shape index (κ3) is 4.52. The topological polar surface area (TPSA) is 28.4 Å². The molecule has 96 valence electrons. The Morgan fingerprint density at radius 2 is 2.18 bits per heavy atom. The van der Waals surface area contributed by atoms with E-state index in [1.54, 1.807) is 6.26 Å². The van der Waals surface area contributed by atoms with Gasteiger partial charge in [-0.15, -0.1) is 0 Å². The molecule has 1 fully saturated rings.